The molecule has 1 rings (SSSR count). The smallest absolute Gasteiger partial charge is 0.496 e. The van der Waals surface area contributed by atoms with E-state index in [2.05, 4.69) is 13.0 Å². The molecule has 0 aliphatic heterocycles. The SMILES string of the molecule is CCO[Si](OCC)(OCC)c1cc(OC)c(C)cc1C. The number of aryl methyl sites for hydroxylation is 2. The summed E-state index contributed by atoms with van der Waals surface area (Å²) in [5, 5.41) is 0.991. The Kier molecular flexibility index (Phi) is 6.68. The van der Waals surface area contributed by atoms with Gasteiger partial charge in [-0.3, -0.25) is 0 Å². The molecule has 1 aromatic rings. The minimum Gasteiger partial charge on any atom is -0.496 e. The summed E-state index contributed by atoms with van der Waals surface area (Å²) in [7, 11) is -1.19. The summed E-state index contributed by atoms with van der Waals surface area (Å²) in [6.45, 7) is 11.6. The van der Waals surface area contributed by atoms with Gasteiger partial charge in [0, 0.05) is 25.0 Å². The van der Waals surface area contributed by atoms with Gasteiger partial charge in [-0.15, -0.1) is 0 Å². The van der Waals surface area contributed by atoms with Gasteiger partial charge in [-0.2, -0.15) is 0 Å². The van der Waals surface area contributed by atoms with Crippen molar-refractivity contribution in [2.45, 2.75) is 34.6 Å². The Hall–Kier alpha value is -0.883. The third kappa shape index (κ3) is 3.61. The molecule has 0 aliphatic rings. The molecule has 0 saturated carbocycles. The number of ether oxygens (including phenoxy) is 1. The third-order valence-corrected chi connectivity index (χ3v) is 6.28. The average Bonchev–Trinajstić information content (AvgIpc) is 2.39. The number of rotatable bonds is 8. The Bertz CT molecular complexity index is 417. The molecule has 5 heteroatoms. The van der Waals surface area contributed by atoms with Crippen molar-refractivity contribution >= 4 is 14.0 Å². The first-order chi connectivity index (χ1) is 9.54. The molecule has 0 spiro atoms. The molecule has 0 atom stereocenters. The molecule has 0 saturated heterocycles. The van der Waals surface area contributed by atoms with Gasteiger partial charge in [0.2, 0.25) is 0 Å². The maximum absolute atomic E-state index is 5.96. The highest BCUT2D eigenvalue weighted by atomic mass is 28.4. The van der Waals surface area contributed by atoms with Crippen LogP contribution in [0.2, 0.25) is 0 Å². The predicted octanol–water partition coefficient (Wildman–Crippen LogP) is 2.57. The van der Waals surface area contributed by atoms with E-state index in [0.717, 1.165) is 22.1 Å². The first kappa shape index (κ1) is 17.2. The zero-order valence-corrected chi connectivity index (χ0v) is 14.4. The Morgan fingerprint density at radius 1 is 0.850 bits per heavy atom. The van der Waals surface area contributed by atoms with Crippen LogP contribution in [0.4, 0.5) is 0 Å². The zero-order valence-electron chi connectivity index (χ0n) is 13.4. The van der Waals surface area contributed by atoms with E-state index in [-0.39, 0.29) is 0 Å². The molecule has 0 amide bonds. The second-order valence-electron chi connectivity index (χ2n) is 4.49. The van der Waals surface area contributed by atoms with E-state index >= 15 is 0 Å². The summed E-state index contributed by atoms with van der Waals surface area (Å²) in [5.41, 5.74) is 2.21. The van der Waals surface area contributed by atoms with Gasteiger partial charge < -0.3 is 18.0 Å². The Labute approximate surface area is 123 Å². The van der Waals surface area contributed by atoms with Gasteiger partial charge in [-0.1, -0.05) is 6.07 Å². The molecule has 20 heavy (non-hydrogen) atoms. The van der Waals surface area contributed by atoms with E-state index in [1.807, 2.05) is 33.8 Å². The second-order valence-corrected chi connectivity index (χ2v) is 7.01. The van der Waals surface area contributed by atoms with E-state index in [0.29, 0.717) is 19.8 Å². The summed E-state index contributed by atoms with van der Waals surface area (Å²) in [4.78, 5) is 0. The quantitative estimate of drug-likeness (QED) is 0.691. The standard InChI is InChI=1S/C15H26O4Si/c1-7-17-20(18-8-2,19-9-3)15-11-14(16-6)12(4)10-13(15)5/h10-11H,7-9H2,1-6H3. The summed E-state index contributed by atoms with van der Waals surface area (Å²) in [5.74, 6) is 0.835. The Morgan fingerprint density at radius 2 is 1.35 bits per heavy atom. The van der Waals surface area contributed by atoms with Crippen LogP contribution in [0, 0.1) is 13.8 Å². The number of methoxy groups -OCH3 is 1. The molecule has 4 nitrogen and oxygen atoms in total. The Balaban J connectivity index is 3.37. The van der Waals surface area contributed by atoms with Gasteiger partial charge >= 0.3 is 8.80 Å². The second kappa shape index (κ2) is 7.78. The molecule has 0 unspecified atom stereocenters. The highest BCUT2D eigenvalue weighted by molar-refractivity contribution is 6.75. The molecule has 0 fully saturated rings. The lowest BCUT2D eigenvalue weighted by Gasteiger charge is -2.30. The molecule has 0 radical (unpaired) electrons. The lowest BCUT2D eigenvalue weighted by molar-refractivity contribution is 0.0857. The summed E-state index contributed by atoms with van der Waals surface area (Å²) in [6, 6.07) is 4.09. The van der Waals surface area contributed by atoms with Crippen LogP contribution < -0.4 is 9.92 Å². The number of hydrogen-bond donors (Lipinski definition) is 0. The van der Waals surface area contributed by atoms with Crippen LogP contribution in [-0.4, -0.2) is 35.7 Å². The van der Waals surface area contributed by atoms with Gasteiger partial charge in [-0.05, 0) is 51.8 Å². The monoisotopic (exact) mass is 298 g/mol. The molecule has 1 aromatic carbocycles. The van der Waals surface area contributed by atoms with Gasteiger partial charge in [0.25, 0.3) is 0 Å². The largest absolute Gasteiger partial charge is 0.537 e. The minimum absolute atomic E-state index is 0.557. The molecule has 0 aliphatic carbocycles. The highest BCUT2D eigenvalue weighted by Crippen LogP contribution is 2.21. The van der Waals surface area contributed by atoms with Crippen molar-refractivity contribution in [1.82, 2.24) is 0 Å². The van der Waals surface area contributed by atoms with Crippen molar-refractivity contribution in [3.05, 3.63) is 23.3 Å². The maximum atomic E-state index is 5.96. The van der Waals surface area contributed by atoms with Crippen LogP contribution in [0.3, 0.4) is 0 Å². The fourth-order valence-corrected chi connectivity index (χ4v) is 5.03. The lowest BCUT2D eigenvalue weighted by atomic mass is 10.1. The van der Waals surface area contributed by atoms with Crippen molar-refractivity contribution < 1.29 is 18.0 Å². The number of benzene rings is 1. The van der Waals surface area contributed by atoms with E-state index in [1.165, 1.54) is 0 Å². The molecular formula is C15H26O4Si. The Morgan fingerprint density at radius 3 is 1.75 bits per heavy atom. The summed E-state index contributed by atoms with van der Waals surface area (Å²) >= 11 is 0. The molecular weight excluding hydrogens is 272 g/mol. The lowest BCUT2D eigenvalue weighted by Crippen LogP contribution is -2.57. The van der Waals surface area contributed by atoms with Gasteiger partial charge in [-0.25, -0.2) is 0 Å². The van der Waals surface area contributed by atoms with Crippen molar-refractivity contribution in [3.8, 4) is 5.75 Å². The highest BCUT2D eigenvalue weighted by Gasteiger charge is 2.44. The van der Waals surface area contributed by atoms with Gasteiger partial charge in [0.15, 0.2) is 0 Å². The van der Waals surface area contributed by atoms with Crippen LogP contribution in [0.1, 0.15) is 31.9 Å². The first-order valence-corrected chi connectivity index (χ1v) is 8.84. The van der Waals surface area contributed by atoms with Crippen LogP contribution in [-0.2, 0) is 13.3 Å². The first-order valence-electron chi connectivity index (χ1n) is 7.12. The zero-order chi connectivity index (χ0) is 15.2. The van der Waals surface area contributed by atoms with E-state index < -0.39 is 8.80 Å². The normalized spacial score (nSPS) is 11.7. The van der Waals surface area contributed by atoms with Crippen LogP contribution in [0.15, 0.2) is 12.1 Å². The van der Waals surface area contributed by atoms with Crippen molar-refractivity contribution in [3.63, 3.8) is 0 Å². The fourth-order valence-electron chi connectivity index (χ4n) is 2.31. The van der Waals surface area contributed by atoms with E-state index in [4.69, 9.17) is 18.0 Å². The van der Waals surface area contributed by atoms with Crippen molar-refractivity contribution in [1.29, 1.82) is 0 Å². The maximum Gasteiger partial charge on any atom is 0.537 e. The molecule has 114 valence electrons. The minimum atomic E-state index is -2.87. The van der Waals surface area contributed by atoms with Gasteiger partial charge in [0.1, 0.15) is 5.75 Å². The van der Waals surface area contributed by atoms with Crippen LogP contribution in [0.5, 0.6) is 5.75 Å². The molecule has 0 aromatic heterocycles. The molecule has 0 heterocycles. The predicted molar refractivity (Wildman–Crippen MR) is 82.7 cm³/mol. The van der Waals surface area contributed by atoms with Crippen molar-refractivity contribution in [2.75, 3.05) is 26.9 Å². The van der Waals surface area contributed by atoms with E-state index in [1.54, 1.807) is 7.11 Å². The summed E-state index contributed by atoms with van der Waals surface area (Å²) in [6.07, 6.45) is 0. The third-order valence-electron chi connectivity index (χ3n) is 3.07. The topological polar surface area (TPSA) is 36.9 Å². The number of hydrogen-bond acceptors (Lipinski definition) is 4. The fraction of sp³-hybridized carbons (Fsp3) is 0.600. The van der Waals surface area contributed by atoms with Crippen LogP contribution >= 0.6 is 0 Å². The van der Waals surface area contributed by atoms with Gasteiger partial charge in [0.05, 0.1) is 7.11 Å². The molecule has 0 bridgehead atoms. The average molecular weight is 298 g/mol. The van der Waals surface area contributed by atoms with E-state index in [9.17, 15) is 0 Å². The van der Waals surface area contributed by atoms with Crippen LogP contribution in [0.25, 0.3) is 0 Å². The summed E-state index contributed by atoms with van der Waals surface area (Å²) < 4.78 is 23.3. The van der Waals surface area contributed by atoms with Crippen molar-refractivity contribution in [2.24, 2.45) is 0 Å². The molecule has 0 N–H and O–H groups in total.